The van der Waals surface area contributed by atoms with Crippen LogP contribution in [0.3, 0.4) is 0 Å². The molecule has 0 radical (unpaired) electrons. The van der Waals surface area contributed by atoms with Gasteiger partial charge in [-0.2, -0.15) is 0 Å². The summed E-state index contributed by atoms with van der Waals surface area (Å²) in [6, 6.07) is 2.35. The van der Waals surface area contributed by atoms with E-state index in [1.807, 2.05) is 0 Å². The van der Waals surface area contributed by atoms with E-state index in [4.69, 9.17) is 0 Å². The molecular weight excluding hydrogens is 158 g/mol. The zero-order valence-electron chi connectivity index (χ0n) is 9.17. The Bertz CT molecular complexity index is 140. The first-order chi connectivity index (χ1) is 5.54. The number of rotatable bonds is 2. The average molecular weight is 185 g/mol. The third-order valence-corrected chi connectivity index (χ3v) is 3.14. The quantitative estimate of drug-likeness (QED) is 0.636. The van der Waals surface area contributed by atoms with Crippen molar-refractivity contribution in [2.24, 2.45) is 5.92 Å². The second-order valence-corrected chi connectivity index (χ2v) is 4.78. The molecule has 13 heavy (non-hydrogen) atoms. The first kappa shape index (κ1) is 13.0. The molecule has 80 valence electrons. The Hall–Kier alpha value is -0.0400. The molecule has 2 atom stereocenters. The van der Waals surface area contributed by atoms with Gasteiger partial charge in [0.15, 0.2) is 0 Å². The van der Waals surface area contributed by atoms with Crippen molar-refractivity contribution in [2.45, 2.75) is 73.0 Å². The molecular formula is C12H27N. The summed E-state index contributed by atoms with van der Waals surface area (Å²) in [6.07, 6.45) is 2.79. The summed E-state index contributed by atoms with van der Waals surface area (Å²) in [7, 11) is 0. The summed E-state index contributed by atoms with van der Waals surface area (Å²) in [4.78, 5) is 2.69. The van der Waals surface area contributed by atoms with Crippen LogP contribution in [0.25, 0.3) is 0 Å². The lowest BCUT2D eigenvalue weighted by Gasteiger charge is -2.34. The Morgan fingerprint density at radius 1 is 1.08 bits per heavy atom. The van der Waals surface area contributed by atoms with Crippen LogP contribution in [-0.4, -0.2) is 23.0 Å². The third-order valence-electron chi connectivity index (χ3n) is 3.14. The van der Waals surface area contributed by atoms with E-state index in [1.165, 1.54) is 12.8 Å². The fourth-order valence-electron chi connectivity index (χ4n) is 2.61. The van der Waals surface area contributed by atoms with Crippen LogP contribution in [0.15, 0.2) is 0 Å². The molecule has 1 heterocycles. The molecule has 0 aromatic carbocycles. The maximum absolute atomic E-state index is 2.69. The number of hydrogen-bond donors (Lipinski definition) is 0. The first-order valence-corrected chi connectivity index (χ1v) is 5.31. The molecule has 0 saturated carbocycles. The second-order valence-electron chi connectivity index (χ2n) is 4.78. The highest BCUT2D eigenvalue weighted by atomic mass is 15.2. The average Bonchev–Trinajstić information content (AvgIpc) is 2.30. The van der Waals surface area contributed by atoms with Gasteiger partial charge < -0.3 is 0 Å². The van der Waals surface area contributed by atoms with E-state index in [-0.39, 0.29) is 7.43 Å². The number of likely N-dealkylation sites (tertiary alicyclic amines) is 1. The van der Waals surface area contributed by atoms with Gasteiger partial charge in [0.25, 0.3) is 0 Å². The van der Waals surface area contributed by atoms with E-state index in [2.05, 4.69) is 39.5 Å². The van der Waals surface area contributed by atoms with Crippen molar-refractivity contribution in [1.82, 2.24) is 4.90 Å². The topological polar surface area (TPSA) is 3.24 Å². The molecule has 1 aliphatic heterocycles. The van der Waals surface area contributed by atoms with Crippen molar-refractivity contribution in [3.63, 3.8) is 0 Å². The van der Waals surface area contributed by atoms with Gasteiger partial charge in [-0.3, -0.25) is 4.90 Å². The predicted octanol–water partition coefficient (Wildman–Crippen LogP) is 3.54. The smallest absolute Gasteiger partial charge is 0.0124 e. The molecule has 1 heteroatoms. The van der Waals surface area contributed by atoms with Gasteiger partial charge in [-0.15, -0.1) is 0 Å². The minimum atomic E-state index is 0. The Morgan fingerprint density at radius 2 is 1.62 bits per heavy atom. The van der Waals surface area contributed by atoms with Crippen LogP contribution in [0.5, 0.6) is 0 Å². The highest BCUT2D eigenvalue weighted by molar-refractivity contribution is 4.88. The molecule has 1 aliphatic rings. The maximum Gasteiger partial charge on any atom is 0.0124 e. The van der Waals surface area contributed by atoms with Crippen molar-refractivity contribution in [2.75, 3.05) is 0 Å². The zero-order valence-corrected chi connectivity index (χ0v) is 9.17. The predicted molar refractivity (Wildman–Crippen MR) is 61.0 cm³/mol. The van der Waals surface area contributed by atoms with E-state index < -0.39 is 0 Å². The van der Waals surface area contributed by atoms with E-state index >= 15 is 0 Å². The van der Waals surface area contributed by atoms with Crippen LogP contribution in [0.4, 0.5) is 0 Å². The van der Waals surface area contributed by atoms with Crippen molar-refractivity contribution in [3.05, 3.63) is 0 Å². The van der Waals surface area contributed by atoms with Gasteiger partial charge in [0.05, 0.1) is 0 Å². The monoisotopic (exact) mass is 185 g/mol. The van der Waals surface area contributed by atoms with Gasteiger partial charge in [-0.25, -0.2) is 0 Å². The second kappa shape index (κ2) is 4.99. The normalized spacial score (nSPS) is 29.8. The Balaban J connectivity index is 0.00000144. The van der Waals surface area contributed by atoms with Gasteiger partial charge in [-0.05, 0) is 39.5 Å². The number of hydrogen-bond acceptors (Lipinski definition) is 1. The maximum atomic E-state index is 2.69. The highest BCUT2D eigenvalue weighted by Crippen LogP contribution is 2.30. The van der Waals surface area contributed by atoms with E-state index in [0.29, 0.717) is 0 Å². The van der Waals surface area contributed by atoms with E-state index in [0.717, 1.165) is 24.0 Å². The zero-order chi connectivity index (χ0) is 9.30. The Morgan fingerprint density at radius 3 is 1.92 bits per heavy atom. The van der Waals surface area contributed by atoms with Crippen LogP contribution >= 0.6 is 0 Å². The molecule has 0 amide bonds. The minimum absolute atomic E-state index is 0. The molecule has 1 saturated heterocycles. The van der Waals surface area contributed by atoms with Crippen molar-refractivity contribution in [3.8, 4) is 0 Å². The van der Waals surface area contributed by atoms with Crippen LogP contribution in [0, 0.1) is 5.92 Å². The van der Waals surface area contributed by atoms with Gasteiger partial charge in [0.2, 0.25) is 0 Å². The number of nitrogens with zero attached hydrogens (tertiary/aromatic N) is 1. The molecule has 0 spiro atoms. The lowest BCUT2D eigenvalue weighted by molar-refractivity contribution is 0.127. The summed E-state index contributed by atoms with van der Waals surface area (Å²) < 4.78 is 0. The standard InChI is InChI=1S/C11H23N.CH4/c1-8(2)11-7-6-10(5)12(11)9(3)4;/h8-11H,6-7H2,1-5H3;1H4/t10-,11-;/m0./s1. The lowest BCUT2D eigenvalue weighted by atomic mass is 10.0. The van der Waals surface area contributed by atoms with E-state index in [1.54, 1.807) is 0 Å². The van der Waals surface area contributed by atoms with Crippen LogP contribution in [0.2, 0.25) is 0 Å². The summed E-state index contributed by atoms with van der Waals surface area (Å²) in [6.45, 7) is 11.7. The van der Waals surface area contributed by atoms with Gasteiger partial charge in [0.1, 0.15) is 0 Å². The van der Waals surface area contributed by atoms with Crippen molar-refractivity contribution in [1.29, 1.82) is 0 Å². The van der Waals surface area contributed by atoms with Crippen LogP contribution < -0.4 is 0 Å². The molecule has 1 rings (SSSR count). The van der Waals surface area contributed by atoms with Crippen molar-refractivity contribution < 1.29 is 0 Å². The highest BCUT2D eigenvalue weighted by Gasteiger charge is 2.33. The summed E-state index contributed by atoms with van der Waals surface area (Å²) in [5, 5.41) is 0. The Kier molecular flexibility index (Phi) is 4.98. The molecule has 1 nitrogen and oxygen atoms in total. The SMILES string of the molecule is C.CC(C)[C@@H]1CC[C@H](C)N1C(C)C. The fourth-order valence-corrected chi connectivity index (χ4v) is 2.61. The molecule has 0 bridgehead atoms. The van der Waals surface area contributed by atoms with Gasteiger partial charge in [-0.1, -0.05) is 21.3 Å². The minimum Gasteiger partial charge on any atom is -0.295 e. The van der Waals surface area contributed by atoms with Gasteiger partial charge >= 0.3 is 0 Å². The lowest BCUT2D eigenvalue weighted by Crippen LogP contribution is -2.42. The van der Waals surface area contributed by atoms with Crippen LogP contribution in [-0.2, 0) is 0 Å². The molecule has 0 N–H and O–H groups in total. The molecule has 0 unspecified atom stereocenters. The summed E-state index contributed by atoms with van der Waals surface area (Å²) in [5.41, 5.74) is 0. The summed E-state index contributed by atoms with van der Waals surface area (Å²) in [5.74, 6) is 0.817. The molecule has 0 aromatic heterocycles. The molecule has 0 aliphatic carbocycles. The molecule has 1 fully saturated rings. The largest absolute Gasteiger partial charge is 0.295 e. The molecule has 0 aromatic rings. The van der Waals surface area contributed by atoms with Crippen LogP contribution in [0.1, 0.15) is 54.9 Å². The Labute approximate surface area is 84.5 Å². The fraction of sp³-hybridized carbons (Fsp3) is 1.00. The third kappa shape index (κ3) is 2.70. The van der Waals surface area contributed by atoms with Crippen molar-refractivity contribution >= 4 is 0 Å². The summed E-state index contributed by atoms with van der Waals surface area (Å²) >= 11 is 0. The van der Waals surface area contributed by atoms with E-state index in [9.17, 15) is 0 Å². The first-order valence-electron chi connectivity index (χ1n) is 5.31. The van der Waals surface area contributed by atoms with Gasteiger partial charge in [0, 0.05) is 18.1 Å².